The Hall–Kier alpha value is -1.65. The first-order valence-corrected chi connectivity index (χ1v) is 11.7. The molecule has 1 N–H and O–H groups in total. The maximum Gasteiger partial charge on any atom is 0.232 e. The van der Waals surface area contributed by atoms with Crippen molar-refractivity contribution in [2.24, 2.45) is 17.8 Å². The molecule has 0 spiro atoms. The summed E-state index contributed by atoms with van der Waals surface area (Å²) in [5.41, 5.74) is 3.26. The molecule has 30 heavy (non-hydrogen) atoms. The zero-order chi connectivity index (χ0) is 23.0. The second-order valence-corrected chi connectivity index (χ2v) is 9.35. The molecule has 166 valence electrons. The van der Waals surface area contributed by atoms with Gasteiger partial charge in [0.2, 0.25) is 5.91 Å². The standard InChI is InChI=1S/C24H32BrNO2.C2H6/c1-15(2)11-21(12-16(3)4)26(23(27)19-7-9-20(25)10-8-19)24(28)22-14-17(5)13-18(22)6;1-2/h7-12,17-18,22-23,27H,1,13-14H2,2-6H3;1-2H3/b21-11+;. The van der Waals surface area contributed by atoms with E-state index in [0.29, 0.717) is 23.1 Å². The van der Waals surface area contributed by atoms with Gasteiger partial charge in [0.05, 0.1) is 0 Å². The van der Waals surface area contributed by atoms with Crippen LogP contribution < -0.4 is 0 Å². The minimum Gasteiger partial charge on any atom is -0.369 e. The largest absolute Gasteiger partial charge is 0.369 e. The quantitative estimate of drug-likeness (QED) is 0.343. The SMILES string of the molecule is C=C(C)/C=C(\C=C(C)C)N(C(=O)C1CC(C)CC1C)C(O)c1ccc(Br)cc1.CC. The van der Waals surface area contributed by atoms with Gasteiger partial charge in [0.15, 0.2) is 6.23 Å². The van der Waals surface area contributed by atoms with Crippen LogP contribution in [0.1, 0.15) is 73.1 Å². The first-order chi connectivity index (χ1) is 14.1. The summed E-state index contributed by atoms with van der Waals surface area (Å²) in [4.78, 5) is 15.2. The van der Waals surface area contributed by atoms with E-state index in [1.807, 2.05) is 71.0 Å². The number of rotatable bonds is 6. The van der Waals surface area contributed by atoms with E-state index >= 15 is 0 Å². The zero-order valence-electron chi connectivity index (χ0n) is 19.6. The van der Waals surface area contributed by atoms with Crippen molar-refractivity contribution in [3.05, 3.63) is 69.9 Å². The van der Waals surface area contributed by atoms with Crippen LogP contribution in [0.5, 0.6) is 0 Å². The Morgan fingerprint density at radius 2 is 1.70 bits per heavy atom. The summed E-state index contributed by atoms with van der Waals surface area (Å²) in [6.45, 7) is 18.2. The molecular weight excluding hydrogens is 438 g/mol. The molecule has 1 aliphatic carbocycles. The van der Waals surface area contributed by atoms with E-state index in [1.54, 1.807) is 4.90 Å². The van der Waals surface area contributed by atoms with Crippen LogP contribution in [-0.2, 0) is 4.79 Å². The fourth-order valence-corrected chi connectivity index (χ4v) is 4.25. The Balaban J connectivity index is 0.00000218. The van der Waals surface area contributed by atoms with Crippen LogP contribution in [0.2, 0.25) is 0 Å². The number of hydrogen-bond acceptors (Lipinski definition) is 2. The molecule has 0 radical (unpaired) electrons. The number of allylic oxidation sites excluding steroid dienone is 4. The summed E-state index contributed by atoms with van der Waals surface area (Å²) >= 11 is 3.43. The van der Waals surface area contributed by atoms with Crippen LogP contribution >= 0.6 is 15.9 Å². The van der Waals surface area contributed by atoms with E-state index in [4.69, 9.17) is 0 Å². The summed E-state index contributed by atoms with van der Waals surface area (Å²) in [5, 5.41) is 11.2. The van der Waals surface area contributed by atoms with Gasteiger partial charge in [0, 0.05) is 21.7 Å². The summed E-state index contributed by atoms with van der Waals surface area (Å²) in [5.74, 6) is 0.726. The van der Waals surface area contributed by atoms with E-state index in [-0.39, 0.29) is 11.8 Å². The molecule has 0 heterocycles. The number of amides is 1. The van der Waals surface area contributed by atoms with Gasteiger partial charge in [-0.3, -0.25) is 9.69 Å². The van der Waals surface area contributed by atoms with Crippen LogP contribution in [0.25, 0.3) is 0 Å². The molecule has 0 saturated heterocycles. The molecule has 4 unspecified atom stereocenters. The van der Waals surface area contributed by atoms with Crippen LogP contribution in [0.3, 0.4) is 0 Å². The molecule has 3 nitrogen and oxygen atoms in total. The number of carbonyl (C=O) groups is 1. The van der Waals surface area contributed by atoms with Crippen LogP contribution in [0.15, 0.2) is 64.3 Å². The van der Waals surface area contributed by atoms with Gasteiger partial charge in [0.25, 0.3) is 0 Å². The summed E-state index contributed by atoms with van der Waals surface area (Å²) < 4.78 is 0.932. The van der Waals surface area contributed by atoms with E-state index in [9.17, 15) is 9.90 Å². The zero-order valence-corrected chi connectivity index (χ0v) is 21.2. The van der Waals surface area contributed by atoms with E-state index in [2.05, 4.69) is 36.4 Å². The van der Waals surface area contributed by atoms with E-state index < -0.39 is 6.23 Å². The number of carbonyl (C=O) groups excluding carboxylic acids is 1. The highest BCUT2D eigenvalue weighted by atomic mass is 79.9. The fourth-order valence-electron chi connectivity index (χ4n) is 3.99. The summed E-state index contributed by atoms with van der Waals surface area (Å²) in [7, 11) is 0. The molecule has 1 aromatic carbocycles. The Kier molecular flexibility index (Phi) is 10.8. The van der Waals surface area contributed by atoms with E-state index in [0.717, 1.165) is 28.5 Å². The Morgan fingerprint density at radius 3 is 2.13 bits per heavy atom. The lowest BCUT2D eigenvalue weighted by Gasteiger charge is -2.33. The van der Waals surface area contributed by atoms with Crippen molar-refractivity contribution in [3.8, 4) is 0 Å². The van der Waals surface area contributed by atoms with Crippen LogP contribution in [0.4, 0.5) is 0 Å². The average molecular weight is 476 g/mol. The lowest BCUT2D eigenvalue weighted by Crippen LogP contribution is -2.39. The molecule has 1 saturated carbocycles. The monoisotopic (exact) mass is 475 g/mol. The van der Waals surface area contributed by atoms with Crippen molar-refractivity contribution < 1.29 is 9.90 Å². The minimum absolute atomic E-state index is 0.0164. The van der Waals surface area contributed by atoms with Gasteiger partial charge in [-0.15, -0.1) is 0 Å². The minimum atomic E-state index is -1.05. The second-order valence-electron chi connectivity index (χ2n) is 8.43. The fraction of sp³-hybridized carbons (Fsp3) is 0.500. The number of aliphatic hydroxyl groups excluding tert-OH is 1. The molecule has 1 amide bonds. The van der Waals surface area contributed by atoms with Crippen molar-refractivity contribution in [2.45, 2.75) is 67.5 Å². The Bertz CT molecular complexity index is 775. The number of benzene rings is 1. The second kappa shape index (κ2) is 12.3. The molecule has 0 aliphatic heterocycles. The molecule has 1 aliphatic rings. The highest BCUT2D eigenvalue weighted by Gasteiger charge is 2.39. The van der Waals surface area contributed by atoms with Crippen molar-refractivity contribution in [2.75, 3.05) is 0 Å². The van der Waals surface area contributed by atoms with Crippen LogP contribution in [0, 0.1) is 17.8 Å². The van der Waals surface area contributed by atoms with Gasteiger partial charge in [-0.2, -0.15) is 0 Å². The maximum absolute atomic E-state index is 13.6. The average Bonchev–Trinajstić information content (AvgIpc) is 3.01. The molecule has 0 bridgehead atoms. The number of nitrogens with zero attached hydrogens (tertiary/aromatic N) is 1. The molecule has 0 aromatic heterocycles. The third kappa shape index (κ3) is 7.24. The van der Waals surface area contributed by atoms with Crippen molar-refractivity contribution in [1.29, 1.82) is 0 Å². The summed E-state index contributed by atoms with van der Waals surface area (Å²) in [6.07, 6.45) is 4.66. The van der Waals surface area contributed by atoms with Gasteiger partial charge in [-0.1, -0.05) is 73.5 Å². The Morgan fingerprint density at radius 1 is 1.13 bits per heavy atom. The highest BCUT2D eigenvalue weighted by molar-refractivity contribution is 9.10. The van der Waals surface area contributed by atoms with Crippen molar-refractivity contribution >= 4 is 21.8 Å². The molecular formula is C26H38BrNO2. The first-order valence-electron chi connectivity index (χ1n) is 10.9. The lowest BCUT2D eigenvalue weighted by molar-refractivity contribution is -0.143. The van der Waals surface area contributed by atoms with Crippen LogP contribution in [-0.4, -0.2) is 15.9 Å². The molecule has 2 rings (SSSR count). The van der Waals surface area contributed by atoms with Gasteiger partial charge < -0.3 is 5.11 Å². The molecule has 1 aromatic rings. The molecule has 1 fully saturated rings. The van der Waals surface area contributed by atoms with Gasteiger partial charge in [0.1, 0.15) is 0 Å². The Labute approximate surface area is 191 Å². The first kappa shape index (κ1) is 26.4. The number of hydrogen-bond donors (Lipinski definition) is 1. The topological polar surface area (TPSA) is 40.5 Å². The normalized spacial score (nSPS) is 21.9. The van der Waals surface area contributed by atoms with Crippen molar-refractivity contribution in [1.82, 2.24) is 4.90 Å². The maximum atomic E-state index is 13.6. The molecule has 4 atom stereocenters. The van der Waals surface area contributed by atoms with Gasteiger partial charge in [-0.05, 0) is 69.7 Å². The molecule has 4 heteroatoms. The predicted molar refractivity (Wildman–Crippen MR) is 131 cm³/mol. The third-order valence-corrected chi connectivity index (χ3v) is 5.72. The van der Waals surface area contributed by atoms with Crippen molar-refractivity contribution in [3.63, 3.8) is 0 Å². The predicted octanol–water partition coefficient (Wildman–Crippen LogP) is 7.40. The number of halogens is 1. The number of aliphatic hydroxyl groups is 1. The summed E-state index contributed by atoms with van der Waals surface area (Å²) in [6, 6.07) is 7.45. The van der Waals surface area contributed by atoms with Gasteiger partial charge in [-0.25, -0.2) is 0 Å². The third-order valence-electron chi connectivity index (χ3n) is 5.19. The van der Waals surface area contributed by atoms with E-state index in [1.165, 1.54) is 0 Å². The van der Waals surface area contributed by atoms with Gasteiger partial charge >= 0.3 is 0 Å². The smallest absolute Gasteiger partial charge is 0.232 e. The lowest BCUT2D eigenvalue weighted by atomic mass is 9.95. The highest BCUT2D eigenvalue weighted by Crippen LogP contribution is 2.39.